The summed E-state index contributed by atoms with van der Waals surface area (Å²) in [4.78, 5) is 14.7. The number of fused-ring (bicyclic) bond motifs is 1. The monoisotopic (exact) mass is 164 g/mol. The first kappa shape index (κ1) is 7.09. The summed E-state index contributed by atoms with van der Waals surface area (Å²) in [5.74, 6) is 0.141. The zero-order chi connectivity index (χ0) is 8.55. The lowest BCUT2D eigenvalue weighted by Crippen LogP contribution is -2.19. The van der Waals surface area contributed by atoms with Crippen LogP contribution in [0.3, 0.4) is 0 Å². The van der Waals surface area contributed by atoms with Crippen molar-refractivity contribution >= 4 is 11.6 Å². The molecule has 0 radical (unpaired) electrons. The van der Waals surface area contributed by atoms with Gasteiger partial charge in [0.2, 0.25) is 5.91 Å². The maximum Gasteiger partial charge on any atom is 0.224 e. The van der Waals surface area contributed by atoms with Gasteiger partial charge < -0.3 is 10.4 Å². The van der Waals surface area contributed by atoms with Gasteiger partial charge >= 0.3 is 0 Å². The fourth-order valence-electron chi connectivity index (χ4n) is 1.30. The van der Waals surface area contributed by atoms with Gasteiger partial charge in [0.15, 0.2) is 0 Å². The van der Waals surface area contributed by atoms with Crippen molar-refractivity contribution < 1.29 is 9.90 Å². The van der Waals surface area contributed by atoms with Crippen LogP contribution in [0, 0.1) is 0 Å². The van der Waals surface area contributed by atoms with Crippen LogP contribution in [0.2, 0.25) is 0 Å². The van der Waals surface area contributed by atoms with Crippen molar-refractivity contribution in [1.82, 2.24) is 4.98 Å². The molecule has 1 amide bonds. The lowest BCUT2D eigenvalue weighted by Gasteiger charge is -2.16. The van der Waals surface area contributed by atoms with E-state index in [2.05, 4.69) is 10.3 Å². The van der Waals surface area contributed by atoms with E-state index in [4.69, 9.17) is 0 Å². The fourth-order valence-corrected chi connectivity index (χ4v) is 1.30. The Hall–Kier alpha value is -1.58. The smallest absolute Gasteiger partial charge is 0.224 e. The third-order valence-electron chi connectivity index (χ3n) is 1.91. The Labute approximate surface area is 69.2 Å². The van der Waals surface area contributed by atoms with E-state index in [1.54, 1.807) is 6.20 Å². The van der Waals surface area contributed by atoms with Crippen LogP contribution in [0.15, 0.2) is 12.4 Å². The molecule has 0 spiro atoms. The molecule has 1 aliphatic heterocycles. The SMILES string of the molecule is O=C1CCc2c(O)cncc2N1. The first-order valence-corrected chi connectivity index (χ1v) is 3.73. The fraction of sp³-hybridized carbons (Fsp3) is 0.250. The summed E-state index contributed by atoms with van der Waals surface area (Å²) in [6, 6.07) is 0. The van der Waals surface area contributed by atoms with Crippen molar-refractivity contribution in [3.8, 4) is 5.75 Å². The summed E-state index contributed by atoms with van der Waals surface area (Å²) < 4.78 is 0. The highest BCUT2D eigenvalue weighted by molar-refractivity contribution is 5.94. The first-order valence-electron chi connectivity index (χ1n) is 3.73. The number of nitrogens with zero attached hydrogens (tertiary/aromatic N) is 1. The van der Waals surface area contributed by atoms with Crippen LogP contribution in [-0.4, -0.2) is 16.0 Å². The molecule has 0 saturated heterocycles. The maximum absolute atomic E-state index is 10.9. The largest absolute Gasteiger partial charge is 0.506 e. The molecular weight excluding hydrogens is 156 g/mol. The quantitative estimate of drug-likeness (QED) is 0.592. The average Bonchev–Trinajstić information content (AvgIpc) is 2.04. The molecule has 0 aliphatic carbocycles. The second kappa shape index (κ2) is 2.48. The molecule has 1 aliphatic rings. The van der Waals surface area contributed by atoms with Gasteiger partial charge in [0, 0.05) is 12.0 Å². The van der Waals surface area contributed by atoms with E-state index >= 15 is 0 Å². The van der Waals surface area contributed by atoms with Crippen molar-refractivity contribution in [3.05, 3.63) is 18.0 Å². The van der Waals surface area contributed by atoms with Gasteiger partial charge in [0.25, 0.3) is 0 Å². The Morgan fingerprint density at radius 2 is 2.25 bits per heavy atom. The first-order chi connectivity index (χ1) is 5.77. The molecule has 0 atom stereocenters. The second-order valence-electron chi connectivity index (χ2n) is 2.73. The highest BCUT2D eigenvalue weighted by atomic mass is 16.3. The molecule has 0 aromatic carbocycles. The van der Waals surface area contributed by atoms with Crippen molar-refractivity contribution in [2.75, 3.05) is 5.32 Å². The number of amides is 1. The molecule has 62 valence electrons. The molecule has 0 unspecified atom stereocenters. The van der Waals surface area contributed by atoms with Gasteiger partial charge in [0.1, 0.15) is 5.75 Å². The molecule has 2 N–H and O–H groups in total. The predicted molar refractivity (Wildman–Crippen MR) is 42.9 cm³/mol. The van der Waals surface area contributed by atoms with Crippen LogP contribution in [0.5, 0.6) is 5.75 Å². The van der Waals surface area contributed by atoms with Gasteiger partial charge in [-0.1, -0.05) is 0 Å². The van der Waals surface area contributed by atoms with Crippen molar-refractivity contribution in [2.45, 2.75) is 12.8 Å². The van der Waals surface area contributed by atoms with Crippen LogP contribution >= 0.6 is 0 Å². The summed E-state index contributed by atoms with van der Waals surface area (Å²) >= 11 is 0. The molecule has 2 rings (SSSR count). The van der Waals surface area contributed by atoms with E-state index in [-0.39, 0.29) is 11.7 Å². The lowest BCUT2D eigenvalue weighted by atomic mass is 10.0. The summed E-state index contributed by atoms with van der Waals surface area (Å²) in [5, 5.41) is 12.0. The minimum Gasteiger partial charge on any atom is -0.506 e. The predicted octanol–water partition coefficient (Wildman–Crippen LogP) is 0.672. The number of hydrogen-bond donors (Lipinski definition) is 2. The standard InChI is InChI=1S/C8H8N2O2/c11-7-4-9-3-6-5(7)1-2-8(12)10-6/h3-4,11H,1-2H2,(H,10,12). The van der Waals surface area contributed by atoms with Crippen LogP contribution < -0.4 is 5.32 Å². The van der Waals surface area contributed by atoms with Gasteiger partial charge in [-0.2, -0.15) is 0 Å². The number of carbonyl (C=O) groups is 1. The normalized spacial score (nSPS) is 15.2. The van der Waals surface area contributed by atoms with Crippen LogP contribution in [-0.2, 0) is 11.2 Å². The second-order valence-corrected chi connectivity index (χ2v) is 2.73. The Morgan fingerprint density at radius 1 is 1.42 bits per heavy atom. The van der Waals surface area contributed by atoms with Gasteiger partial charge in [-0.3, -0.25) is 9.78 Å². The molecule has 2 heterocycles. The number of pyridine rings is 1. The summed E-state index contributed by atoms with van der Waals surface area (Å²) in [6.45, 7) is 0. The maximum atomic E-state index is 10.9. The summed E-state index contributed by atoms with van der Waals surface area (Å²) in [7, 11) is 0. The van der Waals surface area contributed by atoms with Gasteiger partial charge in [0.05, 0.1) is 18.1 Å². The zero-order valence-electron chi connectivity index (χ0n) is 6.37. The van der Waals surface area contributed by atoms with Gasteiger partial charge in [-0.05, 0) is 6.42 Å². The molecular formula is C8H8N2O2. The topological polar surface area (TPSA) is 62.2 Å². The average molecular weight is 164 g/mol. The van der Waals surface area contributed by atoms with Gasteiger partial charge in [-0.25, -0.2) is 0 Å². The Morgan fingerprint density at radius 3 is 3.08 bits per heavy atom. The molecule has 0 fully saturated rings. The zero-order valence-corrected chi connectivity index (χ0v) is 6.37. The highest BCUT2D eigenvalue weighted by Gasteiger charge is 2.17. The van der Waals surface area contributed by atoms with Crippen molar-refractivity contribution in [2.24, 2.45) is 0 Å². The van der Waals surface area contributed by atoms with E-state index in [9.17, 15) is 9.90 Å². The van der Waals surface area contributed by atoms with Crippen LogP contribution in [0.4, 0.5) is 5.69 Å². The van der Waals surface area contributed by atoms with Crippen LogP contribution in [0.25, 0.3) is 0 Å². The molecule has 4 nitrogen and oxygen atoms in total. The molecule has 1 aromatic heterocycles. The number of rotatable bonds is 0. The van der Waals surface area contributed by atoms with E-state index in [1.807, 2.05) is 0 Å². The number of hydrogen-bond acceptors (Lipinski definition) is 3. The minimum atomic E-state index is -0.0186. The van der Waals surface area contributed by atoms with Crippen LogP contribution in [0.1, 0.15) is 12.0 Å². The molecule has 1 aromatic rings. The molecule has 4 heteroatoms. The van der Waals surface area contributed by atoms with Crippen molar-refractivity contribution in [3.63, 3.8) is 0 Å². The lowest BCUT2D eigenvalue weighted by molar-refractivity contribution is -0.116. The molecule has 0 saturated carbocycles. The van der Waals surface area contributed by atoms with E-state index in [0.29, 0.717) is 18.5 Å². The minimum absolute atomic E-state index is 0.0186. The summed E-state index contributed by atoms with van der Waals surface area (Å²) in [6.07, 6.45) is 3.96. The number of anilines is 1. The Balaban J connectivity index is 2.48. The number of carbonyl (C=O) groups excluding carboxylic acids is 1. The Bertz CT molecular complexity index is 336. The van der Waals surface area contributed by atoms with E-state index < -0.39 is 0 Å². The third kappa shape index (κ3) is 1.01. The number of aromatic nitrogens is 1. The highest BCUT2D eigenvalue weighted by Crippen LogP contribution is 2.28. The Kier molecular flexibility index (Phi) is 1.46. The molecule has 12 heavy (non-hydrogen) atoms. The third-order valence-corrected chi connectivity index (χ3v) is 1.91. The van der Waals surface area contributed by atoms with Crippen molar-refractivity contribution in [1.29, 1.82) is 0 Å². The molecule has 0 bridgehead atoms. The number of aromatic hydroxyl groups is 1. The van der Waals surface area contributed by atoms with Gasteiger partial charge in [-0.15, -0.1) is 0 Å². The summed E-state index contributed by atoms with van der Waals surface area (Å²) in [5.41, 5.74) is 1.41. The van der Waals surface area contributed by atoms with E-state index in [0.717, 1.165) is 5.56 Å². The number of nitrogens with one attached hydrogen (secondary N) is 1. The van der Waals surface area contributed by atoms with E-state index in [1.165, 1.54) is 6.20 Å².